The molecule has 0 heterocycles. The SMILES string of the molecule is C=CC(=C)N(C(/C=C\C)=C/C)C(/C=C\Cc1ccccc1)=C/C. The van der Waals surface area contributed by atoms with Gasteiger partial charge >= 0.3 is 0 Å². The van der Waals surface area contributed by atoms with Crippen LogP contribution in [0.25, 0.3) is 0 Å². The zero-order valence-corrected chi connectivity index (χ0v) is 14.5. The van der Waals surface area contributed by atoms with Crippen molar-refractivity contribution in [3.63, 3.8) is 0 Å². The molecule has 0 N–H and O–H groups in total. The third-order valence-corrected chi connectivity index (χ3v) is 3.45. The monoisotopic (exact) mass is 305 g/mol. The third-order valence-electron chi connectivity index (χ3n) is 3.45. The molecule has 0 unspecified atom stereocenters. The maximum atomic E-state index is 4.12. The second-order valence-electron chi connectivity index (χ2n) is 5.05. The van der Waals surface area contributed by atoms with Crippen molar-refractivity contribution in [2.75, 3.05) is 0 Å². The highest BCUT2D eigenvalue weighted by atomic mass is 15.2. The molecule has 1 aromatic rings. The van der Waals surface area contributed by atoms with Crippen LogP contribution in [0.1, 0.15) is 26.3 Å². The van der Waals surface area contributed by atoms with Crippen molar-refractivity contribution in [3.05, 3.63) is 109 Å². The highest BCUT2D eigenvalue weighted by molar-refractivity contribution is 5.36. The van der Waals surface area contributed by atoms with Crippen LogP contribution in [-0.4, -0.2) is 4.90 Å². The fourth-order valence-electron chi connectivity index (χ4n) is 2.27. The zero-order valence-electron chi connectivity index (χ0n) is 14.5. The quantitative estimate of drug-likeness (QED) is 0.519. The summed E-state index contributed by atoms with van der Waals surface area (Å²) in [6.45, 7) is 14.1. The highest BCUT2D eigenvalue weighted by Crippen LogP contribution is 2.22. The van der Waals surface area contributed by atoms with Gasteiger partial charge in [-0.2, -0.15) is 0 Å². The van der Waals surface area contributed by atoms with Gasteiger partial charge in [-0.15, -0.1) is 0 Å². The van der Waals surface area contributed by atoms with Gasteiger partial charge in [0.2, 0.25) is 0 Å². The minimum absolute atomic E-state index is 0.855. The summed E-state index contributed by atoms with van der Waals surface area (Å²) < 4.78 is 0. The van der Waals surface area contributed by atoms with Crippen LogP contribution in [0.15, 0.2) is 103 Å². The van der Waals surface area contributed by atoms with Crippen LogP contribution in [-0.2, 0) is 6.42 Å². The minimum atomic E-state index is 0.855. The van der Waals surface area contributed by atoms with Crippen LogP contribution < -0.4 is 0 Å². The molecule has 120 valence electrons. The Morgan fingerprint density at radius 3 is 2.13 bits per heavy atom. The first kappa shape index (κ1) is 18.5. The molecule has 0 aliphatic rings. The molecule has 1 rings (SSSR count). The minimum Gasteiger partial charge on any atom is -0.312 e. The summed E-state index contributed by atoms with van der Waals surface area (Å²) in [4.78, 5) is 2.11. The van der Waals surface area contributed by atoms with Crippen molar-refractivity contribution < 1.29 is 0 Å². The Balaban J connectivity index is 3.02. The molecule has 1 nitrogen and oxygen atoms in total. The molecule has 0 atom stereocenters. The van der Waals surface area contributed by atoms with Crippen LogP contribution in [0.2, 0.25) is 0 Å². The van der Waals surface area contributed by atoms with Crippen molar-refractivity contribution in [2.45, 2.75) is 27.2 Å². The van der Waals surface area contributed by atoms with Crippen LogP contribution in [0.5, 0.6) is 0 Å². The van der Waals surface area contributed by atoms with Crippen LogP contribution in [0.3, 0.4) is 0 Å². The maximum Gasteiger partial charge on any atom is 0.0415 e. The largest absolute Gasteiger partial charge is 0.312 e. The Morgan fingerprint density at radius 2 is 1.61 bits per heavy atom. The average Bonchev–Trinajstić information content (AvgIpc) is 2.60. The number of rotatable bonds is 8. The summed E-state index contributed by atoms with van der Waals surface area (Å²) in [6, 6.07) is 10.4. The van der Waals surface area contributed by atoms with Crippen molar-refractivity contribution in [1.29, 1.82) is 0 Å². The zero-order chi connectivity index (χ0) is 17.1. The summed E-state index contributed by atoms with van der Waals surface area (Å²) in [5, 5.41) is 0. The Bertz CT molecular complexity index is 627. The van der Waals surface area contributed by atoms with Crippen LogP contribution in [0.4, 0.5) is 0 Å². The summed E-state index contributed by atoms with van der Waals surface area (Å²) in [5.41, 5.74) is 4.31. The Hall–Kier alpha value is -2.54. The Kier molecular flexibility index (Phi) is 8.23. The molecule has 1 heteroatoms. The van der Waals surface area contributed by atoms with E-state index in [9.17, 15) is 0 Å². The topological polar surface area (TPSA) is 3.24 Å². The van der Waals surface area contributed by atoms with E-state index in [1.165, 1.54) is 5.56 Å². The molecule has 0 aliphatic carbocycles. The van der Waals surface area contributed by atoms with E-state index >= 15 is 0 Å². The molecule has 0 aliphatic heterocycles. The van der Waals surface area contributed by atoms with Gasteiger partial charge in [0.25, 0.3) is 0 Å². The van der Waals surface area contributed by atoms with E-state index in [0.29, 0.717) is 0 Å². The predicted molar refractivity (Wildman–Crippen MR) is 103 cm³/mol. The second-order valence-corrected chi connectivity index (χ2v) is 5.05. The highest BCUT2D eigenvalue weighted by Gasteiger charge is 2.11. The molecule has 0 bridgehead atoms. The van der Waals surface area contributed by atoms with E-state index in [2.05, 4.69) is 72.7 Å². The Labute approximate surface area is 141 Å². The normalized spacial score (nSPS) is 12.8. The number of hydrogen-bond donors (Lipinski definition) is 0. The molecular formula is C22H27N. The lowest BCUT2D eigenvalue weighted by Gasteiger charge is -2.27. The molecule has 0 amide bonds. The average molecular weight is 305 g/mol. The van der Waals surface area contributed by atoms with Crippen molar-refractivity contribution in [1.82, 2.24) is 4.90 Å². The standard InChI is InChI=1S/C22H27N/c1-6-14-21(8-3)23(19(5)7-2)22(9-4)18-13-17-20-15-11-10-12-16-20/h6-16,18H,2,5,17H2,1,3-4H3/b14-6-,18-13-,21-8+,22-9+. The number of benzene rings is 1. The first-order chi connectivity index (χ1) is 11.2. The first-order valence-electron chi connectivity index (χ1n) is 7.95. The van der Waals surface area contributed by atoms with Gasteiger partial charge in [0.05, 0.1) is 0 Å². The molecule has 23 heavy (non-hydrogen) atoms. The summed E-state index contributed by atoms with van der Waals surface area (Å²) >= 11 is 0. The van der Waals surface area contributed by atoms with Gasteiger partial charge in [-0.3, -0.25) is 0 Å². The van der Waals surface area contributed by atoms with Gasteiger partial charge in [-0.25, -0.2) is 0 Å². The number of allylic oxidation sites excluding steroid dienone is 7. The first-order valence-corrected chi connectivity index (χ1v) is 7.95. The molecule has 0 radical (unpaired) electrons. The molecule has 0 spiro atoms. The number of nitrogens with zero attached hydrogens (tertiary/aromatic N) is 1. The smallest absolute Gasteiger partial charge is 0.0415 e. The van der Waals surface area contributed by atoms with Crippen molar-refractivity contribution in [2.24, 2.45) is 0 Å². The van der Waals surface area contributed by atoms with Crippen molar-refractivity contribution in [3.8, 4) is 0 Å². The van der Waals surface area contributed by atoms with Gasteiger partial charge in [0.1, 0.15) is 0 Å². The van der Waals surface area contributed by atoms with Gasteiger partial charge < -0.3 is 4.90 Å². The maximum absolute atomic E-state index is 4.12. The fourth-order valence-corrected chi connectivity index (χ4v) is 2.27. The van der Waals surface area contributed by atoms with E-state index in [-0.39, 0.29) is 0 Å². The lowest BCUT2D eigenvalue weighted by molar-refractivity contribution is 0.578. The van der Waals surface area contributed by atoms with E-state index in [0.717, 1.165) is 23.5 Å². The van der Waals surface area contributed by atoms with E-state index in [4.69, 9.17) is 0 Å². The van der Waals surface area contributed by atoms with E-state index in [1.54, 1.807) is 6.08 Å². The molecule has 1 aromatic carbocycles. The van der Waals surface area contributed by atoms with E-state index < -0.39 is 0 Å². The molecule has 0 fully saturated rings. The van der Waals surface area contributed by atoms with Crippen LogP contribution >= 0.6 is 0 Å². The van der Waals surface area contributed by atoms with Gasteiger partial charge in [-0.1, -0.05) is 67.8 Å². The second kappa shape index (κ2) is 10.2. The van der Waals surface area contributed by atoms with Gasteiger partial charge in [0.15, 0.2) is 0 Å². The predicted octanol–water partition coefficient (Wildman–Crippen LogP) is 6.17. The third kappa shape index (κ3) is 5.63. The molecule has 0 saturated heterocycles. The molecular weight excluding hydrogens is 278 g/mol. The van der Waals surface area contributed by atoms with Gasteiger partial charge in [-0.05, 0) is 51.0 Å². The van der Waals surface area contributed by atoms with Crippen molar-refractivity contribution >= 4 is 0 Å². The summed E-state index contributed by atoms with van der Waals surface area (Å²) in [7, 11) is 0. The molecule has 0 saturated carbocycles. The fraction of sp³-hybridized carbons (Fsp3) is 0.182. The van der Waals surface area contributed by atoms with E-state index in [1.807, 2.05) is 32.9 Å². The summed E-state index contributed by atoms with van der Waals surface area (Å²) in [6.07, 6.45) is 15.3. The molecule has 0 aromatic heterocycles. The van der Waals surface area contributed by atoms with Crippen LogP contribution in [0, 0.1) is 0 Å². The summed E-state index contributed by atoms with van der Waals surface area (Å²) in [5.74, 6) is 0. The number of hydrogen-bond acceptors (Lipinski definition) is 1. The lowest BCUT2D eigenvalue weighted by atomic mass is 10.1. The van der Waals surface area contributed by atoms with Gasteiger partial charge in [0, 0.05) is 17.1 Å². The Morgan fingerprint density at radius 1 is 1.00 bits per heavy atom. The lowest BCUT2D eigenvalue weighted by Crippen LogP contribution is -2.18.